The Morgan fingerprint density at radius 2 is 1.82 bits per heavy atom. The zero-order valence-corrected chi connectivity index (χ0v) is 12.8. The molecule has 2 aromatic carbocycles. The molecule has 108 valence electrons. The first kappa shape index (κ1) is 13.2. The standard InChI is InChI=1S/C15H8FN3O2Se/c16-10-7-5-9(6-8-10)13-17-18-15(21-13)19-14(20)11-3-1-2-4-12(11)22-19/h1-8H. The van der Waals surface area contributed by atoms with Gasteiger partial charge in [0, 0.05) is 0 Å². The van der Waals surface area contributed by atoms with Crippen molar-refractivity contribution in [2.24, 2.45) is 0 Å². The molecule has 0 saturated heterocycles. The Balaban J connectivity index is 1.81. The second kappa shape index (κ2) is 5.05. The number of hydrogen-bond donors (Lipinski definition) is 0. The molecule has 0 N–H and O–H groups in total. The fourth-order valence-corrected chi connectivity index (χ4v) is 4.04. The van der Waals surface area contributed by atoms with Gasteiger partial charge in [-0.1, -0.05) is 0 Å². The van der Waals surface area contributed by atoms with E-state index in [1.165, 1.54) is 15.7 Å². The summed E-state index contributed by atoms with van der Waals surface area (Å²) >= 11 is -0.222. The summed E-state index contributed by atoms with van der Waals surface area (Å²) in [4.78, 5) is 12.4. The van der Waals surface area contributed by atoms with Crippen LogP contribution < -0.4 is 5.56 Å². The van der Waals surface area contributed by atoms with Crippen LogP contribution in [-0.2, 0) is 0 Å². The van der Waals surface area contributed by atoms with Crippen LogP contribution >= 0.6 is 0 Å². The quantitative estimate of drug-likeness (QED) is 0.515. The fourth-order valence-electron chi connectivity index (χ4n) is 2.10. The Labute approximate surface area is 129 Å². The summed E-state index contributed by atoms with van der Waals surface area (Å²) in [6.45, 7) is 0. The van der Waals surface area contributed by atoms with Gasteiger partial charge in [0.2, 0.25) is 0 Å². The van der Waals surface area contributed by atoms with Crippen molar-refractivity contribution in [3.8, 4) is 17.5 Å². The Bertz CT molecular complexity index is 1020. The van der Waals surface area contributed by atoms with Crippen LogP contribution in [-0.4, -0.2) is 28.5 Å². The summed E-state index contributed by atoms with van der Waals surface area (Å²) in [5, 5.41) is 8.55. The van der Waals surface area contributed by atoms with Crippen molar-refractivity contribution in [1.82, 2.24) is 13.8 Å². The Morgan fingerprint density at radius 3 is 2.59 bits per heavy atom. The minimum atomic E-state index is -0.336. The summed E-state index contributed by atoms with van der Waals surface area (Å²) in [6.07, 6.45) is 0. The molecule has 0 unspecified atom stereocenters. The van der Waals surface area contributed by atoms with Crippen molar-refractivity contribution in [2.75, 3.05) is 0 Å². The summed E-state index contributed by atoms with van der Waals surface area (Å²) in [5.74, 6) is -0.0773. The second-order valence-corrected chi connectivity index (χ2v) is 6.66. The van der Waals surface area contributed by atoms with E-state index < -0.39 is 0 Å². The van der Waals surface area contributed by atoms with Crippen molar-refractivity contribution < 1.29 is 8.81 Å². The van der Waals surface area contributed by atoms with Crippen LogP contribution in [0.15, 0.2) is 57.7 Å². The van der Waals surface area contributed by atoms with Gasteiger partial charge >= 0.3 is 129 Å². The topological polar surface area (TPSA) is 60.9 Å². The molecular formula is C15H8FN3O2Se. The Kier molecular flexibility index (Phi) is 3.02. The van der Waals surface area contributed by atoms with E-state index in [-0.39, 0.29) is 38.0 Å². The van der Waals surface area contributed by atoms with Crippen LogP contribution in [0.1, 0.15) is 0 Å². The van der Waals surface area contributed by atoms with Gasteiger partial charge in [0.25, 0.3) is 0 Å². The van der Waals surface area contributed by atoms with E-state index in [4.69, 9.17) is 4.42 Å². The van der Waals surface area contributed by atoms with Gasteiger partial charge in [0.1, 0.15) is 0 Å². The predicted octanol–water partition coefficient (Wildman–Crippen LogP) is 2.24. The monoisotopic (exact) mass is 361 g/mol. The predicted molar refractivity (Wildman–Crippen MR) is 79.7 cm³/mol. The molecule has 0 aliphatic carbocycles. The third-order valence-electron chi connectivity index (χ3n) is 3.17. The van der Waals surface area contributed by atoms with Gasteiger partial charge < -0.3 is 0 Å². The fraction of sp³-hybridized carbons (Fsp3) is 0. The van der Waals surface area contributed by atoms with Crippen molar-refractivity contribution in [3.05, 3.63) is 64.7 Å². The molecule has 4 rings (SSSR count). The van der Waals surface area contributed by atoms with Crippen molar-refractivity contribution in [3.63, 3.8) is 0 Å². The maximum atomic E-state index is 12.9. The van der Waals surface area contributed by atoms with E-state index in [0.29, 0.717) is 10.9 Å². The first-order valence-electron chi connectivity index (χ1n) is 6.43. The van der Waals surface area contributed by atoms with Crippen molar-refractivity contribution >= 4 is 24.4 Å². The second-order valence-electron chi connectivity index (χ2n) is 4.58. The molecule has 7 heteroatoms. The number of rotatable bonds is 2. The van der Waals surface area contributed by atoms with Crippen LogP contribution in [0.25, 0.3) is 27.1 Å². The van der Waals surface area contributed by atoms with Crippen LogP contribution in [0, 0.1) is 5.82 Å². The van der Waals surface area contributed by atoms with Gasteiger partial charge in [-0.25, -0.2) is 0 Å². The first-order chi connectivity index (χ1) is 10.7. The summed E-state index contributed by atoms with van der Waals surface area (Å²) in [7, 11) is 0. The van der Waals surface area contributed by atoms with Crippen molar-refractivity contribution in [1.29, 1.82) is 0 Å². The Hall–Kier alpha value is -2.50. The molecule has 0 spiro atoms. The van der Waals surface area contributed by atoms with E-state index in [1.54, 1.807) is 18.2 Å². The summed E-state index contributed by atoms with van der Waals surface area (Å²) in [5.41, 5.74) is 0.474. The van der Waals surface area contributed by atoms with Gasteiger partial charge in [-0.05, 0) is 0 Å². The molecule has 5 nitrogen and oxygen atoms in total. The zero-order chi connectivity index (χ0) is 15.1. The Morgan fingerprint density at radius 1 is 1.05 bits per heavy atom. The van der Waals surface area contributed by atoms with Crippen LogP contribution in [0.2, 0.25) is 0 Å². The molecule has 0 aliphatic heterocycles. The molecule has 0 radical (unpaired) electrons. The van der Waals surface area contributed by atoms with Gasteiger partial charge in [-0.15, -0.1) is 0 Å². The average Bonchev–Trinajstić information content (AvgIpc) is 3.14. The van der Waals surface area contributed by atoms with E-state index in [9.17, 15) is 9.18 Å². The van der Waals surface area contributed by atoms with E-state index in [2.05, 4.69) is 10.2 Å². The minimum absolute atomic E-state index is 0.134. The number of fused-ring (bicyclic) bond motifs is 1. The zero-order valence-electron chi connectivity index (χ0n) is 11.1. The third-order valence-corrected chi connectivity index (χ3v) is 5.39. The van der Waals surface area contributed by atoms with E-state index in [1.807, 2.05) is 18.2 Å². The average molecular weight is 360 g/mol. The molecular weight excluding hydrogens is 352 g/mol. The normalized spacial score (nSPS) is 11.1. The number of aromatic nitrogens is 3. The molecule has 0 aliphatic rings. The third kappa shape index (κ3) is 2.11. The molecule has 0 atom stereocenters. The molecule has 0 amide bonds. The van der Waals surface area contributed by atoms with Crippen LogP contribution in [0.5, 0.6) is 0 Å². The molecule has 2 aromatic heterocycles. The van der Waals surface area contributed by atoms with E-state index >= 15 is 0 Å². The van der Waals surface area contributed by atoms with Gasteiger partial charge in [0.05, 0.1) is 0 Å². The SMILES string of the molecule is O=c1c2ccccc2[se]n1-c1nnc(-c2ccc(F)cc2)o1. The number of halogens is 1. The number of nitrogens with zero attached hydrogens (tertiary/aromatic N) is 3. The number of benzene rings is 2. The van der Waals surface area contributed by atoms with Gasteiger partial charge in [-0.3, -0.25) is 0 Å². The van der Waals surface area contributed by atoms with Crippen LogP contribution in [0.4, 0.5) is 4.39 Å². The van der Waals surface area contributed by atoms with E-state index in [0.717, 1.165) is 4.26 Å². The molecule has 22 heavy (non-hydrogen) atoms. The summed E-state index contributed by atoms with van der Waals surface area (Å²) < 4.78 is 21.0. The summed E-state index contributed by atoms with van der Waals surface area (Å²) in [6, 6.07) is 13.3. The molecule has 0 bridgehead atoms. The first-order valence-corrected chi connectivity index (χ1v) is 8.05. The van der Waals surface area contributed by atoms with Gasteiger partial charge in [0.15, 0.2) is 0 Å². The van der Waals surface area contributed by atoms with Crippen molar-refractivity contribution in [2.45, 2.75) is 0 Å². The maximum absolute atomic E-state index is 12.9. The molecule has 0 saturated carbocycles. The molecule has 4 aromatic rings. The number of hydrogen-bond acceptors (Lipinski definition) is 4. The molecule has 0 fully saturated rings. The van der Waals surface area contributed by atoms with Gasteiger partial charge in [-0.2, -0.15) is 0 Å². The van der Waals surface area contributed by atoms with Crippen LogP contribution in [0.3, 0.4) is 0 Å². The molecule has 2 heterocycles.